The number of carbonyl (C=O) groups excluding carboxylic acids is 1. The highest BCUT2D eigenvalue weighted by atomic mass is 35.5. The normalized spacial score (nSPS) is 17.2. The van der Waals surface area contributed by atoms with Gasteiger partial charge in [0.05, 0.1) is 6.54 Å². The number of hydrogen-bond acceptors (Lipinski definition) is 3. The van der Waals surface area contributed by atoms with Gasteiger partial charge in [-0.2, -0.15) is 8.78 Å². The van der Waals surface area contributed by atoms with Gasteiger partial charge in [0.15, 0.2) is 0 Å². The van der Waals surface area contributed by atoms with E-state index in [0.717, 1.165) is 24.0 Å². The standard InChI is InChI=1S/C12H18F2N4O.2ClH/c1-17(11(19)7-9-3-2-4-15-9)8-10-16-5-6-18(10)12(13)14;;/h5-6,9,12,15H,2-4,7-8H2,1H3;2*1H. The molecule has 1 amide bonds. The van der Waals surface area contributed by atoms with Crippen molar-refractivity contribution in [3.05, 3.63) is 18.2 Å². The van der Waals surface area contributed by atoms with E-state index in [2.05, 4.69) is 10.3 Å². The lowest BCUT2D eigenvalue weighted by Gasteiger charge is -2.19. The molecular weight excluding hydrogens is 325 g/mol. The molecule has 2 rings (SSSR count). The maximum absolute atomic E-state index is 12.6. The van der Waals surface area contributed by atoms with Crippen LogP contribution in [0.25, 0.3) is 0 Å². The van der Waals surface area contributed by atoms with Gasteiger partial charge in [-0.1, -0.05) is 0 Å². The summed E-state index contributed by atoms with van der Waals surface area (Å²) in [5, 5.41) is 3.24. The summed E-state index contributed by atoms with van der Waals surface area (Å²) in [4.78, 5) is 17.3. The third kappa shape index (κ3) is 5.41. The van der Waals surface area contributed by atoms with E-state index in [1.165, 1.54) is 17.3 Å². The molecule has 1 aromatic heterocycles. The third-order valence-electron chi connectivity index (χ3n) is 3.35. The van der Waals surface area contributed by atoms with Crippen molar-refractivity contribution in [2.75, 3.05) is 13.6 Å². The second kappa shape index (κ2) is 9.17. The van der Waals surface area contributed by atoms with Crippen LogP contribution in [0.4, 0.5) is 8.78 Å². The Hall–Kier alpha value is -0.920. The molecule has 1 N–H and O–H groups in total. The minimum absolute atomic E-state index is 0. The van der Waals surface area contributed by atoms with Crippen molar-refractivity contribution in [3.8, 4) is 0 Å². The molecule has 2 heterocycles. The predicted octanol–water partition coefficient (Wildman–Crippen LogP) is 2.22. The summed E-state index contributed by atoms with van der Waals surface area (Å²) in [6.07, 6.45) is 5.02. The number of rotatable bonds is 5. The Labute approximate surface area is 134 Å². The van der Waals surface area contributed by atoms with Crippen molar-refractivity contribution in [2.24, 2.45) is 0 Å². The van der Waals surface area contributed by atoms with Crippen molar-refractivity contribution in [1.82, 2.24) is 19.8 Å². The first-order valence-corrected chi connectivity index (χ1v) is 6.35. The van der Waals surface area contributed by atoms with Gasteiger partial charge in [-0.15, -0.1) is 24.8 Å². The molecular formula is C12H20Cl2F2N4O. The van der Waals surface area contributed by atoms with Gasteiger partial charge in [-0.3, -0.25) is 9.36 Å². The predicted molar refractivity (Wildman–Crippen MR) is 80.1 cm³/mol. The zero-order chi connectivity index (χ0) is 13.8. The minimum atomic E-state index is -2.63. The number of hydrogen-bond donors (Lipinski definition) is 1. The molecule has 1 atom stereocenters. The lowest BCUT2D eigenvalue weighted by atomic mass is 10.1. The van der Waals surface area contributed by atoms with E-state index in [4.69, 9.17) is 0 Å². The summed E-state index contributed by atoms with van der Waals surface area (Å²) in [7, 11) is 1.61. The average molecular weight is 345 g/mol. The molecule has 0 aromatic carbocycles. The van der Waals surface area contributed by atoms with Crippen LogP contribution in [-0.2, 0) is 11.3 Å². The molecule has 122 valence electrons. The number of nitrogens with zero attached hydrogens (tertiary/aromatic N) is 3. The molecule has 1 fully saturated rings. The third-order valence-corrected chi connectivity index (χ3v) is 3.35. The Balaban J connectivity index is 0.00000200. The number of amides is 1. The summed E-state index contributed by atoms with van der Waals surface area (Å²) in [6.45, 7) is -1.59. The fourth-order valence-corrected chi connectivity index (χ4v) is 2.24. The number of nitrogens with one attached hydrogen (secondary N) is 1. The number of halogens is 4. The van der Waals surface area contributed by atoms with Crippen LogP contribution in [-0.4, -0.2) is 40.0 Å². The maximum atomic E-state index is 12.6. The van der Waals surface area contributed by atoms with Gasteiger partial charge in [0.2, 0.25) is 5.91 Å². The van der Waals surface area contributed by atoms with Crippen LogP contribution in [0.1, 0.15) is 31.6 Å². The number of aromatic nitrogens is 2. The monoisotopic (exact) mass is 344 g/mol. The van der Waals surface area contributed by atoms with Crippen LogP contribution in [0, 0.1) is 0 Å². The first kappa shape index (κ1) is 20.1. The van der Waals surface area contributed by atoms with Crippen LogP contribution in [0.3, 0.4) is 0 Å². The van der Waals surface area contributed by atoms with E-state index >= 15 is 0 Å². The van der Waals surface area contributed by atoms with E-state index in [1.807, 2.05) is 0 Å². The maximum Gasteiger partial charge on any atom is 0.319 e. The van der Waals surface area contributed by atoms with Crippen molar-refractivity contribution in [2.45, 2.75) is 38.4 Å². The summed E-state index contributed by atoms with van der Waals surface area (Å²) >= 11 is 0. The smallest absolute Gasteiger partial charge is 0.319 e. The Morgan fingerprint density at radius 1 is 1.57 bits per heavy atom. The second-order valence-corrected chi connectivity index (χ2v) is 4.78. The topological polar surface area (TPSA) is 50.2 Å². The Morgan fingerprint density at radius 3 is 2.86 bits per heavy atom. The molecule has 0 spiro atoms. The highest BCUT2D eigenvalue weighted by Gasteiger charge is 2.21. The van der Waals surface area contributed by atoms with Crippen LogP contribution in [0.2, 0.25) is 0 Å². The summed E-state index contributed by atoms with van der Waals surface area (Å²) in [6, 6.07) is 0.213. The molecule has 1 unspecified atom stereocenters. The van der Waals surface area contributed by atoms with Gasteiger partial charge in [0.1, 0.15) is 5.82 Å². The number of alkyl halides is 2. The summed E-state index contributed by atoms with van der Waals surface area (Å²) in [5.74, 6) is 0.147. The van der Waals surface area contributed by atoms with Gasteiger partial charge in [-0.25, -0.2) is 4.98 Å². The van der Waals surface area contributed by atoms with E-state index in [1.54, 1.807) is 7.05 Å². The van der Waals surface area contributed by atoms with Gasteiger partial charge in [-0.05, 0) is 19.4 Å². The largest absolute Gasteiger partial charge is 0.338 e. The molecule has 1 aromatic rings. The fraction of sp³-hybridized carbons (Fsp3) is 0.667. The van der Waals surface area contributed by atoms with E-state index in [-0.39, 0.29) is 49.1 Å². The van der Waals surface area contributed by atoms with Crippen LogP contribution >= 0.6 is 24.8 Å². The molecule has 0 saturated carbocycles. The van der Waals surface area contributed by atoms with Crippen molar-refractivity contribution < 1.29 is 13.6 Å². The lowest BCUT2D eigenvalue weighted by Crippen LogP contribution is -2.33. The van der Waals surface area contributed by atoms with E-state index in [0.29, 0.717) is 6.42 Å². The molecule has 21 heavy (non-hydrogen) atoms. The molecule has 0 radical (unpaired) electrons. The molecule has 1 aliphatic rings. The van der Waals surface area contributed by atoms with Gasteiger partial charge >= 0.3 is 6.55 Å². The Bertz CT molecular complexity index is 439. The van der Waals surface area contributed by atoms with Crippen LogP contribution < -0.4 is 5.32 Å². The first-order chi connectivity index (χ1) is 9.08. The summed E-state index contributed by atoms with van der Waals surface area (Å²) in [5.41, 5.74) is 0. The lowest BCUT2D eigenvalue weighted by molar-refractivity contribution is -0.131. The zero-order valence-electron chi connectivity index (χ0n) is 11.7. The van der Waals surface area contributed by atoms with Crippen molar-refractivity contribution >= 4 is 30.7 Å². The quantitative estimate of drug-likeness (QED) is 0.890. The number of carbonyl (C=O) groups is 1. The Morgan fingerprint density at radius 2 is 2.29 bits per heavy atom. The molecule has 9 heteroatoms. The SMILES string of the molecule is CN(Cc1nccn1C(F)F)C(=O)CC1CCCN1.Cl.Cl. The first-order valence-electron chi connectivity index (χ1n) is 6.35. The van der Waals surface area contributed by atoms with Gasteiger partial charge in [0, 0.05) is 31.9 Å². The van der Waals surface area contributed by atoms with E-state index in [9.17, 15) is 13.6 Å². The van der Waals surface area contributed by atoms with Gasteiger partial charge in [0.25, 0.3) is 0 Å². The highest BCUT2D eigenvalue weighted by Crippen LogP contribution is 2.15. The highest BCUT2D eigenvalue weighted by molar-refractivity contribution is 5.85. The second-order valence-electron chi connectivity index (χ2n) is 4.78. The molecule has 1 aliphatic heterocycles. The van der Waals surface area contributed by atoms with Crippen LogP contribution in [0.5, 0.6) is 0 Å². The fourth-order valence-electron chi connectivity index (χ4n) is 2.24. The Kier molecular flexibility index (Phi) is 8.77. The summed E-state index contributed by atoms with van der Waals surface area (Å²) < 4.78 is 26.1. The molecule has 0 bridgehead atoms. The van der Waals surface area contributed by atoms with Crippen LogP contribution in [0.15, 0.2) is 12.4 Å². The minimum Gasteiger partial charge on any atom is -0.338 e. The van der Waals surface area contributed by atoms with Crippen molar-refractivity contribution in [3.63, 3.8) is 0 Å². The molecule has 1 saturated heterocycles. The molecule has 0 aliphatic carbocycles. The molecule has 5 nitrogen and oxygen atoms in total. The van der Waals surface area contributed by atoms with E-state index < -0.39 is 6.55 Å². The van der Waals surface area contributed by atoms with Gasteiger partial charge < -0.3 is 10.2 Å². The zero-order valence-corrected chi connectivity index (χ0v) is 13.3. The van der Waals surface area contributed by atoms with Crippen molar-refractivity contribution in [1.29, 1.82) is 0 Å². The number of imidazole rings is 1. The average Bonchev–Trinajstić information content (AvgIpc) is 2.99.